The maximum absolute atomic E-state index is 12.6. The normalized spacial score (nSPS) is 16.6. The quantitative estimate of drug-likeness (QED) is 0.603. The molecular formula is C23H33N5O4S. The minimum absolute atomic E-state index is 0.115. The van der Waals surface area contributed by atoms with Crippen LogP contribution in [0.15, 0.2) is 30.3 Å². The van der Waals surface area contributed by atoms with Gasteiger partial charge in [0.1, 0.15) is 5.82 Å². The van der Waals surface area contributed by atoms with Crippen LogP contribution in [0, 0.1) is 0 Å². The van der Waals surface area contributed by atoms with Crippen molar-refractivity contribution < 1.29 is 17.9 Å². The highest BCUT2D eigenvalue weighted by Gasteiger charge is 2.24. The second kappa shape index (κ2) is 10.9. The standard InChI is InChI=1S/C23H33N5O4S/c1-5-10-24-23(29)26-19-8-6-18(7-9-19)22-25-20(15-33(30,31)16(2)3)13-21(27-22)28-11-12-32-14-17(28)4/h6-9,13,16-17H,5,10-12,14-15H2,1-4H3,(H2,24,26,29)/t17-/m0/s1. The van der Waals surface area contributed by atoms with E-state index in [0.29, 0.717) is 49.3 Å². The van der Waals surface area contributed by atoms with Crippen molar-refractivity contribution in [2.45, 2.75) is 51.2 Å². The molecule has 1 aromatic heterocycles. The van der Waals surface area contributed by atoms with Crippen LogP contribution >= 0.6 is 0 Å². The van der Waals surface area contributed by atoms with E-state index >= 15 is 0 Å². The second-order valence-corrected chi connectivity index (χ2v) is 11.0. The van der Waals surface area contributed by atoms with Gasteiger partial charge in [-0.15, -0.1) is 0 Å². The number of hydrogen-bond donors (Lipinski definition) is 2. The van der Waals surface area contributed by atoms with E-state index in [-0.39, 0.29) is 17.8 Å². The van der Waals surface area contributed by atoms with Gasteiger partial charge < -0.3 is 20.3 Å². The summed E-state index contributed by atoms with van der Waals surface area (Å²) in [6, 6.07) is 8.81. The smallest absolute Gasteiger partial charge is 0.319 e. The van der Waals surface area contributed by atoms with E-state index in [1.165, 1.54) is 0 Å². The molecule has 1 saturated heterocycles. The van der Waals surface area contributed by atoms with E-state index in [1.807, 2.05) is 19.1 Å². The molecule has 1 aliphatic rings. The summed E-state index contributed by atoms with van der Waals surface area (Å²) in [5.74, 6) is 0.983. The number of carbonyl (C=O) groups is 1. The van der Waals surface area contributed by atoms with Gasteiger partial charge in [-0.05, 0) is 51.5 Å². The third kappa shape index (κ3) is 6.64. The van der Waals surface area contributed by atoms with Gasteiger partial charge in [-0.2, -0.15) is 0 Å². The molecule has 1 aliphatic heterocycles. The van der Waals surface area contributed by atoms with E-state index in [4.69, 9.17) is 9.72 Å². The van der Waals surface area contributed by atoms with Gasteiger partial charge >= 0.3 is 6.03 Å². The fourth-order valence-electron chi connectivity index (χ4n) is 3.39. The Bertz CT molecular complexity index is 1060. The van der Waals surface area contributed by atoms with E-state index in [9.17, 15) is 13.2 Å². The molecular weight excluding hydrogens is 442 g/mol. The number of rotatable bonds is 8. The van der Waals surface area contributed by atoms with Gasteiger partial charge in [0.2, 0.25) is 0 Å². The Morgan fingerprint density at radius 3 is 2.61 bits per heavy atom. The van der Waals surface area contributed by atoms with Gasteiger partial charge in [0.05, 0.1) is 36.0 Å². The molecule has 33 heavy (non-hydrogen) atoms. The molecule has 0 aliphatic carbocycles. The van der Waals surface area contributed by atoms with Crippen molar-refractivity contribution >= 4 is 27.4 Å². The molecule has 0 unspecified atom stereocenters. The van der Waals surface area contributed by atoms with Crippen LogP contribution in [0.2, 0.25) is 0 Å². The first kappa shape index (κ1) is 24.9. The number of amides is 2. The lowest BCUT2D eigenvalue weighted by atomic mass is 10.2. The molecule has 9 nitrogen and oxygen atoms in total. The highest BCUT2D eigenvalue weighted by Crippen LogP contribution is 2.25. The van der Waals surface area contributed by atoms with Crippen molar-refractivity contribution in [3.63, 3.8) is 0 Å². The zero-order valence-electron chi connectivity index (χ0n) is 19.7. The number of sulfone groups is 1. The lowest BCUT2D eigenvalue weighted by Gasteiger charge is -2.34. The number of benzene rings is 1. The Balaban J connectivity index is 1.92. The Morgan fingerprint density at radius 1 is 1.24 bits per heavy atom. The van der Waals surface area contributed by atoms with E-state index < -0.39 is 15.1 Å². The van der Waals surface area contributed by atoms with Crippen LogP contribution < -0.4 is 15.5 Å². The number of hydrogen-bond acceptors (Lipinski definition) is 7. The summed E-state index contributed by atoms with van der Waals surface area (Å²) in [4.78, 5) is 23.3. The topological polar surface area (TPSA) is 114 Å². The Labute approximate surface area is 195 Å². The number of morpholine rings is 1. The number of nitrogens with one attached hydrogen (secondary N) is 2. The predicted molar refractivity (Wildman–Crippen MR) is 130 cm³/mol. The van der Waals surface area contributed by atoms with Gasteiger partial charge in [0, 0.05) is 30.4 Å². The lowest BCUT2D eigenvalue weighted by Crippen LogP contribution is -2.44. The van der Waals surface area contributed by atoms with E-state index in [1.54, 1.807) is 32.0 Å². The minimum Gasteiger partial charge on any atom is -0.377 e. The summed E-state index contributed by atoms with van der Waals surface area (Å²) in [5, 5.41) is 5.06. The Morgan fingerprint density at radius 2 is 1.97 bits per heavy atom. The van der Waals surface area contributed by atoms with E-state index in [0.717, 1.165) is 12.0 Å². The fourth-order valence-corrected chi connectivity index (χ4v) is 4.28. The number of urea groups is 1. The first-order valence-electron chi connectivity index (χ1n) is 11.3. The highest BCUT2D eigenvalue weighted by molar-refractivity contribution is 7.91. The zero-order valence-corrected chi connectivity index (χ0v) is 20.5. The SMILES string of the molecule is CCCNC(=O)Nc1ccc(-c2nc(CS(=O)(=O)C(C)C)cc(N3CCOC[C@@H]3C)n2)cc1. The molecule has 2 amide bonds. The first-order valence-corrected chi connectivity index (χ1v) is 13.0. The molecule has 1 atom stereocenters. The van der Waals surface area contributed by atoms with Crippen LogP contribution in [0.3, 0.4) is 0 Å². The maximum atomic E-state index is 12.6. The molecule has 0 saturated carbocycles. The van der Waals surface area contributed by atoms with Crippen molar-refractivity contribution in [2.24, 2.45) is 0 Å². The van der Waals surface area contributed by atoms with Crippen LogP contribution in [-0.2, 0) is 20.3 Å². The van der Waals surface area contributed by atoms with E-state index in [2.05, 4.69) is 27.4 Å². The molecule has 1 aromatic carbocycles. The molecule has 10 heteroatoms. The largest absolute Gasteiger partial charge is 0.377 e. The van der Waals surface area contributed by atoms with Crippen molar-refractivity contribution in [3.8, 4) is 11.4 Å². The first-order chi connectivity index (χ1) is 15.7. The number of anilines is 2. The summed E-state index contributed by atoms with van der Waals surface area (Å²) in [5.41, 5.74) is 1.84. The number of aromatic nitrogens is 2. The molecule has 180 valence electrons. The monoisotopic (exact) mass is 475 g/mol. The average Bonchev–Trinajstić information content (AvgIpc) is 2.78. The van der Waals surface area contributed by atoms with Crippen molar-refractivity contribution in [2.75, 3.05) is 36.5 Å². The summed E-state index contributed by atoms with van der Waals surface area (Å²) >= 11 is 0. The average molecular weight is 476 g/mol. The van der Waals surface area contributed by atoms with Crippen molar-refractivity contribution in [3.05, 3.63) is 36.0 Å². The molecule has 2 aromatic rings. The fraction of sp³-hybridized carbons (Fsp3) is 0.522. The predicted octanol–water partition coefficient (Wildman–Crippen LogP) is 3.22. The van der Waals surface area contributed by atoms with Crippen LogP contribution in [-0.4, -0.2) is 62.0 Å². The van der Waals surface area contributed by atoms with Gasteiger partial charge in [-0.25, -0.2) is 23.2 Å². The molecule has 0 spiro atoms. The van der Waals surface area contributed by atoms with Gasteiger partial charge in [-0.3, -0.25) is 0 Å². The minimum atomic E-state index is -3.33. The molecule has 3 rings (SSSR count). The zero-order chi connectivity index (χ0) is 24.0. The van der Waals surface area contributed by atoms with Crippen LogP contribution in [0.25, 0.3) is 11.4 Å². The summed E-state index contributed by atoms with van der Waals surface area (Å²) in [6.45, 7) is 9.83. The lowest BCUT2D eigenvalue weighted by molar-refractivity contribution is 0.0985. The summed E-state index contributed by atoms with van der Waals surface area (Å²) in [6.07, 6.45) is 0.858. The molecule has 2 heterocycles. The number of carbonyl (C=O) groups excluding carboxylic acids is 1. The van der Waals surface area contributed by atoms with Crippen molar-refractivity contribution in [1.82, 2.24) is 15.3 Å². The van der Waals surface area contributed by atoms with Gasteiger partial charge in [0.15, 0.2) is 15.7 Å². The third-order valence-corrected chi connectivity index (χ3v) is 7.57. The summed E-state index contributed by atoms with van der Waals surface area (Å²) in [7, 11) is -3.33. The molecule has 0 radical (unpaired) electrons. The van der Waals surface area contributed by atoms with Crippen LogP contribution in [0.4, 0.5) is 16.3 Å². The van der Waals surface area contributed by atoms with Crippen LogP contribution in [0.5, 0.6) is 0 Å². The van der Waals surface area contributed by atoms with Gasteiger partial charge in [0.25, 0.3) is 0 Å². The van der Waals surface area contributed by atoms with Crippen LogP contribution in [0.1, 0.15) is 39.8 Å². The molecule has 2 N–H and O–H groups in total. The third-order valence-electron chi connectivity index (χ3n) is 5.43. The second-order valence-electron chi connectivity index (χ2n) is 8.47. The summed E-state index contributed by atoms with van der Waals surface area (Å²) < 4.78 is 30.7. The Kier molecular flexibility index (Phi) is 8.25. The molecule has 1 fully saturated rings. The maximum Gasteiger partial charge on any atom is 0.319 e. The highest BCUT2D eigenvalue weighted by atomic mass is 32.2. The molecule has 0 bridgehead atoms. The Hall–Kier alpha value is -2.72. The number of ether oxygens (including phenoxy) is 1. The van der Waals surface area contributed by atoms with Crippen molar-refractivity contribution in [1.29, 1.82) is 0 Å². The van der Waals surface area contributed by atoms with Gasteiger partial charge in [-0.1, -0.05) is 6.92 Å². The number of nitrogens with zero attached hydrogens (tertiary/aromatic N) is 3.